The molecule has 0 radical (unpaired) electrons. The summed E-state index contributed by atoms with van der Waals surface area (Å²) >= 11 is 0. The molecule has 0 bridgehead atoms. The van der Waals surface area contributed by atoms with Gasteiger partial charge in [-0.05, 0) is 29.9 Å². The lowest BCUT2D eigenvalue weighted by molar-refractivity contribution is -0.122. The van der Waals surface area contributed by atoms with E-state index in [0.29, 0.717) is 31.3 Å². The van der Waals surface area contributed by atoms with Crippen LogP contribution in [0.15, 0.2) is 24.3 Å². The quantitative estimate of drug-likeness (QED) is 0.266. The second kappa shape index (κ2) is 16.9. The Morgan fingerprint density at radius 2 is 1.29 bits per heavy atom. The highest BCUT2D eigenvalue weighted by molar-refractivity contribution is 5.80. The number of amides is 1. The molecular weight excluding hydrogens is 386 g/mol. The van der Waals surface area contributed by atoms with Crippen molar-refractivity contribution in [1.29, 1.82) is 0 Å². The zero-order valence-electron chi connectivity index (χ0n) is 20.4. The van der Waals surface area contributed by atoms with Gasteiger partial charge in [0.2, 0.25) is 5.91 Å². The van der Waals surface area contributed by atoms with Crippen molar-refractivity contribution in [3.63, 3.8) is 0 Å². The maximum absolute atomic E-state index is 12.0. The molecule has 31 heavy (non-hydrogen) atoms. The number of carbonyl (C=O) groups is 2. The largest absolute Gasteiger partial charge is 0.377 e. The molecule has 4 nitrogen and oxygen atoms in total. The van der Waals surface area contributed by atoms with E-state index in [9.17, 15) is 9.59 Å². The maximum Gasteiger partial charge on any atom is 0.220 e. The maximum atomic E-state index is 12.0. The SMILES string of the molecule is CC(C)COCc1ccc(CNC(=O)CCCCCCCCCCC(=O)C(C)C)cc1. The fraction of sp³-hybridized carbons (Fsp3) is 0.704. The highest BCUT2D eigenvalue weighted by atomic mass is 16.5. The van der Waals surface area contributed by atoms with Crippen molar-refractivity contribution in [1.82, 2.24) is 5.32 Å². The van der Waals surface area contributed by atoms with Crippen LogP contribution in [0, 0.1) is 11.8 Å². The van der Waals surface area contributed by atoms with E-state index in [2.05, 4.69) is 43.4 Å². The second-order valence-electron chi connectivity index (χ2n) is 9.45. The zero-order valence-corrected chi connectivity index (χ0v) is 20.4. The Hall–Kier alpha value is -1.68. The Morgan fingerprint density at radius 3 is 1.84 bits per heavy atom. The minimum atomic E-state index is 0.138. The highest BCUT2D eigenvalue weighted by Crippen LogP contribution is 2.12. The molecule has 4 heteroatoms. The molecule has 0 aliphatic heterocycles. The average molecular weight is 432 g/mol. The molecule has 1 rings (SSSR count). The van der Waals surface area contributed by atoms with Gasteiger partial charge in [0.25, 0.3) is 0 Å². The van der Waals surface area contributed by atoms with Crippen LogP contribution in [0.1, 0.15) is 103 Å². The van der Waals surface area contributed by atoms with Crippen molar-refractivity contribution in [3.8, 4) is 0 Å². The van der Waals surface area contributed by atoms with Crippen LogP contribution in [0.5, 0.6) is 0 Å². The van der Waals surface area contributed by atoms with E-state index in [1.54, 1.807) is 0 Å². The minimum absolute atomic E-state index is 0.138. The molecule has 0 aliphatic rings. The molecule has 176 valence electrons. The van der Waals surface area contributed by atoms with Gasteiger partial charge in [-0.3, -0.25) is 9.59 Å². The molecule has 1 N–H and O–H groups in total. The Labute approximate surface area is 190 Å². The van der Waals surface area contributed by atoms with E-state index in [-0.39, 0.29) is 11.8 Å². The fourth-order valence-electron chi connectivity index (χ4n) is 3.39. The van der Waals surface area contributed by atoms with Crippen molar-refractivity contribution in [2.24, 2.45) is 11.8 Å². The van der Waals surface area contributed by atoms with Crippen molar-refractivity contribution >= 4 is 11.7 Å². The number of benzene rings is 1. The van der Waals surface area contributed by atoms with Gasteiger partial charge in [-0.25, -0.2) is 0 Å². The van der Waals surface area contributed by atoms with Crippen LogP contribution in [0.3, 0.4) is 0 Å². The summed E-state index contributed by atoms with van der Waals surface area (Å²) in [7, 11) is 0. The number of Topliss-reactive ketones (excluding diaryl/α,β-unsaturated/α-hetero) is 1. The van der Waals surface area contributed by atoms with E-state index in [4.69, 9.17) is 4.74 Å². The normalized spacial score (nSPS) is 11.3. The first-order valence-electron chi connectivity index (χ1n) is 12.3. The molecule has 0 unspecified atom stereocenters. The van der Waals surface area contributed by atoms with E-state index < -0.39 is 0 Å². The topological polar surface area (TPSA) is 55.4 Å². The molecule has 0 aliphatic carbocycles. The Kier molecular flexibility index (Phi) is 15.0. The van der Waals surface area contributed by atoms with Crippen LogP contribution >= 0.6 is 0 Å². The standard InChI is InChI=1S/C27H45NO3/c1-22(2)20-31-21-25-17-15-24(16-18-25)19-28-27(30)14-12-10-8-6-5-7-9-11-13-26(29)23(3)4/h15-18,22-23H,5-14,19-21H2,1-4H3,(H,28,30). The van der Waals surface area contributed by atoms with Gasteiger partial charge in [0.15, 0.2) is 0 Å². The van der Waals surface area contributed by atoms with Gasteiger partial charge >= 0.3 is 0 Å². The van der Waals surface area contributed by atoms with Gasteiger partial charge in [0.05, 0.1) is 6.61 Å². The number of ether oxygens (including phenoxy) is 1. The van der Waals surface area contributed by atoms with Crippen LogP contribution in [0.2, 0.25) is 0 Å². The number of hydrogen-bond acceptors (Lipinski definition) is 3. The Balaban J connectivity index is 1.98. The van der Waals surface area contributed by atoms with E-state index in [0.717, 1.165) is 44.3 Å². The molecule has 0 spiro atoms. The van der Waals surface area contributed by atoms with Gasteiger partial charge < -0.3 is 10.1 Å². The van der Waals surface area contributed by atoms with Gasteiger partial charge in [-0.2, -0.15) is 0 Å². The Bertz CT molecular complexity index is 607. The fourth-order valence-corrected chi connectivity index (χ4v) is 3.39. The zero-order chi connectivity index (χ0) is 22.9. The summed E-state index contributed by atoms with van der Waals surface area (Å²) in [6.07, 6.45) is 10.5. The summed E-state index contributed by atoms with van der Waals surface area (Å²) in [5.41, 5.74) is 2.29. The third-order valence-electron chi connectivity index (χ3n) is 5.45. The molecule has 1 aromatic rings. The number of nitrogens with one attached hydrogen (secondary N) is 1. The van der Waals surface area contributed by atoms with Crippen LogP contribution < -0.4 is 5.32 Å². The number of unbranched alkanes of at least 4 members (excludes halogenated alkanes) is 7. The lowest BCUT2D eigenvalue weighted by atomic mass is 10.0. The number of rotatable bonds is 18. The van der Waals surface area contributed by atoms with Gasteiger partial charge in [0.1, 0.15) is 5.78 Å². The predicted octanol–water partition coefficient (Wildman–Crippen LogP) is 6.60. The van der Waals surface area contributed by atoms with Crippen molar-refractivity contribution in [3.05, 3.63) is 35.4 Å². The van der Waals surface area contributed by atoms with Crippen LogP contribution in [0.25, 0.3) is 0 Å². The predicted molar refractivity (Wildman–Crippen MR) is 129 cm³/mol. The molecule has 0 saturated carbocycles. The Morgan fingerprint density at radius 1 is 0.774 bits per heavy atom. The first kappa shape index (κ1) is 27.4. The van der Waals surface area contributed by atoms with Crippen LogP contribution in [0.4, 0.5) is 0 Å². The third-order valence-corrected chi connectivity index (χ3v) is 5.45. The second-order valence-corrected chi connectivity index (χ2v) is 9.45. The molecule has 0 aromatic heterocycles. The number of hydrogen-bond donors (Lipinski definition) is 1. The highest BCUT2D eigenvalue weighted by Gasteiger charge is 2.06. The summed E-state index contributed by atoms with van der Waals surface area (Å²) in [6.45, 7) is 10.3. The molecule has 1 aromatic carbocycles. The van der Waals surface area contributed by atoms with Gasteiger partial charge in [-0.1, -0.05) is 90.5 Å². The molecule has 0 heterocycles. The summed E-state index contributed by atoms with van der Waals surface area (Å²) in [4.78, 5) is 23.6. The molecule has 0 fully saturated rings. The summed E-state index contributed by atoms with van der Waals surface area (Å²) in [6, 6.07) is 8.27. The molecular formula is C27H45NO3. The summed E-state index contributed by atoms with van der Waals surface area (Å²) in [5, 5.41) is 3.02. The summed E-state index contributed by atoms with van der Waals surface area (Å²) < 4.78 is 5.65. The summed E-state index contributed by atoms with van der Waals surface area (Å²) in [5.74, 6) is 1.25. The lowest BCUT2D eigenvalue weighted by Crippen LogP contribution is -2.22. The number of carbonyl (C=O) groups excluding carboxylic acids is 2. The van der Waals surface area contributed by atoms with Crippen LogP contribution in [-0.4, -0.2) is 18.3 Å². The third kappa shape index (κ3) is 14.9. The van der Waals surface area contributed by atoms with Crippen molar-refractivity contribution in [2.45, 2.75) is 105 Å². The van der Waals surface area contributed by atoms with Crippen molar-refractivity contribution < 1.29 is 14.3 Å². The molecule has 1 amide bonds. The molecule has 0 atom stereocenters. The smallest absolute Gasteiger partial charge is 0.220 e. The lowest BCUT2D eigenvalue weighted by Gasteiger charge is -2.09. The first-order valence-corrected chi connectivity index (χ1v) is 12.3. The van der Waals surface area contributed by atoms with E-state index >= 15 is 0 Å². The average Bonchev–Trinajstić information content (AvgIpc) is 2.74. The van der Waals surface area contributed by atoms with E-state index in [1.165, 1.54) is 31.2 Å². The minimum Gasteiger partial charge on any atom is -0.377 e. The van der Waals surface area contributed by atoms with Crippen LogP contribution in [-0.2, 0) is 27.5 Å². The monoisotopic (exact) mass is 431 g/mol. The van der Waals surface area contributed by atoms with Crippen molar-refractivity contribution in [2.75, 3.05) is 6.61 Å². The number of ketones is 1. The first-order chi connectivity index (χ1) is 14.9. The molecule has 0 saturated heterocycles. The van der Waals surface area contributed by atoms with E-state index in [1.807, 2.05) is 13.8 Å². The van der Waals surface area contributed by atoms with Gasteiger partial charge in [0, 0.05) is 31.9 Å². The van der Waals surface area contributed by atoms with Gasteiger partial charge in [-0.15, -0.1) is 0 Å².